The van der Waals surface area contributed by atoms with E-state index in [4.69, 9.17) is 5.11 Å². The molecule has 0 radical (unpaired) electrons. The Morgan fingerprint density at radius 3 is 2.86 bits per heavy atom. The second kappa shape index (κ2) is 4.30. The molecule has 1 unspecified atom stereocenters. The van der Waals surface area contributed by atoms with Crippen LogP contribution in [0.25, 0.3) is 0 Å². The zero-order chi connectivity index (χ0) is 10.6. The molecular weight excluding hydrogens is 190 g/mol. The van der Waals surface area contributed by atoms with Gasteiger partial charge in [-0.05, 0) is 6.92 Å². The maximum atomic E-state index is 11.1. The molecule has 0 bridgehead atoms. The zero-order valence-electron chi connectivity index (χ0n) is 7.39. The number of nitrogens with one attached hydrogen (secondary N) is 2. The van der Waals surface area contributed by atoms with Crippen LogP contribution in [0.15, 0.2) is 0 Å². The first-order chi connectivity index (χ1) is 6.59. The molecule has 0 saturated carbocycles. The number of carbonyl (C=O) groups excluding carboxylic acids is 1. The van der Waals surface area contributed by atoms with Crippen LogP contribution in [0, 0.1) is 0 Å². The van der Waals surface area contributed by atoms with E-state index in [2.05, 4.69) is 25.9 Å². The molecule has 1 aromatic heterocycles. The molecule has 0 aliphatic carbocycles. The zero-order valence-corrected chi connectivity index (χ0v) is 7.39. The van der Waals surface area contributed by atoms with Crippen molar-refractivity contribution in [1.82, 2.24) is 25.9 Å². The molecule has 76 valence electrons. The van der Waals surface area contributed by atoms with Gasteiger partial charge in [-0.15, -0.1) is 10.2 Å². The molecule has 8 nitrogen and oxygen atoms in total. The summed E-state index contributed by atoms with van der Waals surface area (Å²) in [5.41, 5.74) is 0. The minimum absolute atomic E-state index is 0.0892. The van der Waals surface area contributed by atoms with E-state index >= 15 is 0 Å². The Kier molecular flexibility index (Phi) is 3.10. The molecule has 1 aromatic rings. The number of hydrogen-bond acceptors (Lipinski definition) is 5. The van der Waals surface area contributed by atoms with Crippen LogP contribution in [0.5, 0.6) is 0 Å². The molecule has 0 aliphatic rings. The summed E-state index contributed by atoms with van der Waals surface area (Å²) < 4.78 is 0. The molecular formula is C6H9N5O3. The Labute approximate surface area is 78.7 Å². The lowest BCUT2D eigenvalue weighted by Crippen LogP contribution is -2.39. The van der Waals surface area contributed by atoms with Gasteiger partial charge >= 0.3 is 5.97 Å². The van der Waals surface area contributed by atoms with Gasteiger partial charge in [-0.2, -0.15) is 5.21 Å². The fourth-order valence-electron chi connectivity index (χ4n) is 0.755. The number of carbonyl (C=O) groups is 2. The van der Waals surface area contributed by atoms with Gasteiger partial charge in [0, 0.05) is 0 Å². The van der Waals surface area contributed by atoms with Crippen LogP contribution < -0.4 is 5.32 Å². The molecule has 1 heterocycles. The predicted octanol–water partition coefficient (Wildman–Crippen LogP) is -1.67. The van der Waals surface area contributed by atoms with Crippen molar-refractivity contribution in [2.75, 3.05) is 0 Å². The normalized spacial score (nSPS) is 12.1. The summed E-state index contributed by atoms with van der Waals surface area (Å²) in [6, 6.07) is -0.922. The van der Waals surface area contributed by atoms with Crippen LogP contribution in [0.2, 0.25) is 0 Å². The number of rotatable bonds is 4. The quantitative estimate of drug-likeness (QED) is 0.533. The summed E-state index contributed by atoms with van der Waals surface area (Å²) in [6.45, 7) is 1.37. The van der Waals surface area contributed by atoms with E-state index in [1.807, 2.05) is 0 Å². The first kappa shape index (κ1) is 10.1. The summed E-state index contributed by atoms with van der Waals surface area (Å²) in [6.07, 6.45) is -0.0892. The number of tetrazole rings is 1. The third-order valence-electron chi connectivity index (χ3n) is 1.46. The minimum atomic E-state index is -1.09. The van der Waals surface area contributed by atoms with Crippen molar-refractivity contribution in [2.45, 2.75) is 19.4 Å². The van der Waals surface area contributed by atoms with Crippen molar-refractivity contribution >= 4 is 11.9 Å². The Balaban J connectivity index is 2.40. The molecule has 0 aromatic carbocycles. The number of H-pyrrole nitrogens is 1. The molecule has 1 rings (SSSR count). The van der Waals surface area contributed by atoms with Gasteiger partial charge in [0.1, 0.15) is 6.04 Å². The van der Waals surface area contributed by atoms with E-state index in [1.54, 1.807) is 0 Å². The summed E-state index contributed by atoms with van der Waals surface area (Å²) in [7, 11) is 0. The van der Waals surface area contributed by atoms with Gasteiger partial charge in [-0.1, -0.05) is 5.21 Å². The highest BCUT2D eigenvalue weighted by molar-refractivity contribution is 5.84. The van der Waals surface area contributed by atoms with E-state index < -0.39 is 17.9 Å². The summed E-state index contributed by atoms with van der Waals surface area (Å²) in [5.74, 6) is -1.33. The number of aliphatic carboxylic acids is 1. The smallest absolute Gasteiger partial charge is 0.325 e. The predicted molar refractivity (Wildman–Crippen MR) is 43.1 cm³/mol. The first-order valence-corrected chi connectivity index (χ1v) is 3.84. The monoisotopic (exact) mass is 199 g/mol. The molecule has 1 amide bonds. The molecule has 0 spiro atoms. The van der Waals surface area contributed by atoms with Crippen LogP contribution in [0.3, 0.4) is 0 Å². The number of aromatic nitrogens is 4. The van der Waals surface area contributed by atoms with Gasteiger partial charge in [0.15, 0.2) is 5.82 Å². The van der Waals surface area contributed by atoms with Gasteiger partial charge in [-0.25, -0.2) is 0 Å². The molecule has 0 fully saturated rings. The Morgan fingerprint density at radius 2 is 2.36 bits per heavy atom. The summed E-state index contributed by atoms with van der Waals surface area (Å²) in [4.78, 5) is 21.5. The van der Waals surface area contributed by atoms with Crippen molar-refractivity contribution in [3.8, 4) is 0 Å². The maximum absolute atomic E-state index is 11.1. The van der Waals surface area contributed by atoms with E-state index in [0.29, 0.717) is 0 Å². The molecule has 3 N–H and O–H groups in total. The molecule has 0 aliphatic heterocycles. The van der Waals surface area contributed by atoms with Crippen LogP contribution in [-0.4, -0.2) is 43.6 Å². The minimum Gasteiger partial charge on any atom is -0.480 e. The topological polar surface area (TPSA) is 121 Å². The van der Waals surface area contributed by atoms with Gasteiger partial charge in [0.2, 0.25) is 5.91 Å². The molecule has 1 atom stereocenters. The Hall–Kier alpha value is -1.99. The number of carboxylic acids is 1. The first-order valence-electron chi connectivity index (χ1n) is 3.84. The number of aromatic amines is 1. The fraction of sp³-hybridized carbons (Fsp3) is 0.500. The van der Waals surface area contributed by atoms with Crippen LogP contribution in [-0.2, 0) is 16.0 Å². The second-order valence-electron chi connectivity index (χ2n) is 2.63. The molecule has 0 saturated heterocycles. The average Bonchev–Trinajstić information content (AvgIpc) is 2.56. The van der Waals surface area contributed by atoms with Gasteiger partial charge in [0.05, 0.1) is 6.42 Å². The van der Waals surface area contributed by atoms with Gasteiger partial charge in [-0.3, -0.25) is 9.59 Å². The van der Waals surface area contributed by atoms with E-state index in [9.17, 15) is 9.59 Å². The van der Waals surface area contributed by atoms with E-state index in [1.165, 1.54) is 6.92 Å². The van der Waals surface area contributed by atoms with E-state index in [-0.39, 0.29) is 12.2 Å². The lowest BCUT2D eigenvalue weighted by Gasteiger charge is -2.07. The van der Waals surface area contributed by atoms with Crippen molar-refractivity contribution in [1.29, 1.82) is 0 Å². The van der Waals surface area contributed by atoms with Crippen molar-refractivity contribution in [3.05, 3.63) is 5.82 Å². The summed E-state index contributed by atoms with van der Waals surface area (Å²) in [5, 5.41) is 23.3. The Morgan fingerprint density at radius 1 is 1.64 bits per heavy atom. The average molecular weight is 199 g/mol. The maximum Gasteiger partial charge on any atom is 0.325 e. The highest BCUT2D eigenvalue weighted by atomic mass is 16.4. The van der Waals surface area contributed by atoms with Crippen molar-refractivity contribution < 1.29 is 14.7 Å². The van der Waals surface area contributed by atoms with Gasteiger partial charge in [0.25, 0.3) is 0 Å². The SMILES string of the molecule is CC(NC(=O)Cc1nn[nH]n1)C(=O)O. The lowest BCUT2D eigenvalue weighted by atomic mass is 10.3. The fourth-order valence-corrected chi connectivity index (χ4v) is 0.755. The van der Waals surface area contributed by atoms with Crippen molar-refractivity contribution in [3.63, 3.8) is 0 Å². The van der Waals surface area contributed by atoms with Gasteiger partial charge < -0.3 is 10.4 Å². The van der Waals surface area contributed by atoms with E-state index in [0.717, 1.165) is 0 Å². The number of hydrogen-bond donors (Lipinski definition) is 3. The van der Waals surface area contributed by atoms with Crippen molar-refractivity contribution in [2.24, 2.45) is 0 Å². The standard InChI is InChI=1S/C6H9N5O3/c1-3(6(13)14)7-5(12)2-4-8-10-11-9-4/h3H,2H2,1H3,(H,7,12)(H,13,14)(H,8,9,10,11). The third kappa shape index (κ3) is 2.81. The summed E-state index contributed by atoms with van der Waals surface area (Å²) >= 11 is 0. The molecule has 8 heteroatoms. The third-order valence-corrected chi connectivity index (χ3v) is 1.46. The lowest BCUT2D eigenvalue weighted by molar-refractivity contribution is -0.141. The van der Waals surface area contributed by atoms with Crippen LogP contribution in [0.4, 0.5) is 0 Å². The highest BCUT2D eigenvalue weighted by Crippen LogP contribution is 1.88. The largest absolute Gasteiger partial charge is 0.480 e. The number of nitrogens with zero attached hydrogens (tertiary/aromatic N) is 3. The Bertz CT molecular complexity index is 322. The second-order valence-corrected chi connectivity index (χ2v) is 2.63. The van der Waals surface area contributed by atoms with Crippen LogP contribution >= 0.6 is 0 Å². The highest BCUT2D eigenvalue weighted by Gasteiger charge is 2.15. The number of carboxylic acid groups (broad SMARTS) is 1. The number of amides is 1. The molecule has 14 heavy (non-hydrogen) atoms. The van der Waals surface area contributed by atoms with Crippen LogP contribution in [0.1, 0.15) is 12.7 Å².